The highest BCUT2D eigenvalue weighted by molar-refractivity contribution is 7.12. The molecular weight excluding hydrogens is 372 g/mol. The molecule has 1 aliphatic heterocycles. The first-order valence-electron chi connectivity index (χ1n) is 8.79. The van der Waals surface area contributed by atoms with Crippen molar-refractivity contribution in [3.63, 3.8) is 0 Å². The van der Waals surface area contributed by atoms with Crippen LogP contribution in [-0.2, 0) is 4.79 Å². The SMILES string of the molecule is CC(C(=O)Nc1c(F)cccc1F)N1CCC(NC(=O)c2cccs2)CC1. The molecule has 8 heteroatoms. The van der Waals surface area contributed by atoms with Crippen molar-refractivity contribution in [2.24, 2.45) is 0 Å². The molecule has 1 atom stereocenters. The second-order valence-corrected chi connectivity index (χ2v) is 7.47. The fourth-order valence-corrected chi connectivity index (χ4v) is 3.73. The van der Waals surface area contributed by atoms with Crippen LogP contribution in [-0.4, -0.2) is 41.9 Å². The summed E-state index contributed by atoms with van der Waals surface area (Å²) in [5, 5.41) is 7.21. The molecule has 1 fully saturated rings. The first-order chi connectivity index (χ1) is 13.0. The molecular formula is C19H21F2N3O2S. The van der Waals surface area contributed by atoms with E-state index in [4.69, 9.17) is 0 Å². The van der Waals surface area contributed by atoms with Gasteiger partial charge < -0.3 is 10.6 Å². The molecule has 2 N–H and O–H groups in total. The van der Waals surface area contributed by atoms with Crippen LogP contribution in [0.25, 0.3) is 0 Å². The normalized spacial score (nSPS) is 16.7. The smallest absolute Gasteiger partial charge is 0.261 e. The Morgan fingerprint density at radius 3 is 2.41 bits per heavy atom. The summed E-state index contributed by atoms with van der Waals surface area (Å²) >= 11 is 1.40. The van der Waals surface area contributed by atoms with Crippen LogP contribution in [0.5, 0.6) is 0 Å². The lowest BCUT2D eigenvalue weighted by Gasteiger charge is -2.35. The van der Waals surface area contributed by atoms with Crippen molar-refractivity contribution >= 4 is 28.8 Å². The van der Waals surface area contributed by atoms with Crippen molar-refractivity contribution in [3.8, 4) is 0 Å². The predicted octanol–water partition coefficient (Wildman–Crippen LogP) is 3.25. The summed E-state index contributed by atoms with van der Waals surface area (Å²) in [5.74, 6) is -2.14. The van der Waals surface area contributed by atoms with Crippen molar-refractivity contribution in [2.75, 3.05) is 18.4 Å². The van der Waals surface area contributed by atoms with E-state index in [0.717, 1.165) is 12.1 Å². The topological polar surface area (TPSA) is 61.4 Å². The molecule has 2 amide bonds. The number of nitrogens with one attached hydrogen (secondary N) is 2. The third kappa shape index (κ3) is 4.70. The Kier molecular flexibility index (Phi) is 6.18. The van der Waals surface area contributed by atoms with E-state index in [1.165, 1.54) is 17.4 Å². The van der Waals surface area contributed by atoms with E-state index in [1.54, 1.807) is 13.0 Å². The minimum atomic E-state index is -0.800. The molecule has 3 rings (SSSR count). The van der Waals surface area contributed by atoms with Gasteiger partial charge in [0.1, 0.15) is 17.3 Å². The number of piperidine rings is 1. The van der Waals surface area contributed by atoms with Crippen LogP contribution in [0.2, 0.25) is 0 Å². The largest absolute Gasteiger partial charge is 0.349 e. The first-order valence-corrected chi connectivity index (χ1v) is 9.67. The molecule has 1 aromatic carbocycles. The fourth-order valence-electron chi connectivity index (χ4n) is 3.11. The van der Waals surface area contributed by atoms with E-state index in [-0.39, 0.29) is 11.9 Å². The molecule has 0 spiro atoms. The molecule has 0 bridgehead atoms. The van der Waals surface area contributed by atoms with Gasteiger partial charge in [0.2, 0.25) is 5.91 Å². The quantitative estimate of drug-likeness (QED) is 0.820. The average Bonchev–Trinajstić information content (AvgIpc) is 3.19. The van der Waals surface area contributed by atoms with Gasteiger partial charge in [-0.3, -0.25) is 14.5 Å². The summed E-state index contributed by atoms with van der Waals surface area (Å²) < 4.78 is 27.4. The highest BCUT2D eigenvalue weighted by Gasteiger charge is 2.28. The Morgan fingerprint density at radius 2 is 1.81 bits per heavy atom. The molecule has 1 aromatic heterocycles. The van der Waals surface area contributed by atoms with Crippen LogP contribution in [0.1, 0.15) is 29.4 Å². The van der Waals surface area contributed by atoms with Gasteiger partial charge in [-0.05, 0) is 43.3 Å². The summed E-state index contributed by atoms with van der Waals surface area (Å²) in [6.07, 6.45) is 1.42. The first kappa shape index (κ1) is 19.4. The van der Waals surface area contributed by atoms with Crippen LogP contribution < -0.4 is 10.6 Å². The Hall–Kier alpha value is -2.32. The van der Waals surface area contributed by atoms with E-state index < -0.39 is 29.3 Å². The standard InChI is InChI=1S/C19H21F2N3O2S/c1-12(18(25)23-17-14(20)4-2-5-15(17)21)24-9-7-13(8-10-24)22-19(26)16-6-3-11-27-16/h2-6,11-13H,7-10H2,1H3,(H,22,26)(H,23,25). The third-order valence-electron chi connectivity index (χ3n) is 4.75. The second kappa shape index (κ2) is 8.58. The lowest BCUT2D eigenvalue weighted by molar-refractivity contribution is -0.121. The number of benzene rings is 1. The minimum absolute atomic E-state index is 0.0510. The summed E-state index contributed by atoms with van der Waals surface area (Å²) in [5.41, 5.74) is -0.424. The highest BCUT2D eigenvalue weighted by Crippen LogP contribution is 2.20. The van der Waals surface area contributed by atoms with Gasteiger partial charge in [0, 0.05) is 19.1 Å². The predicted molar refractivity (Wildman–Crippen MR) is 101 cm³/mol. The average molecular weight is 393 g/mol. The maximum atomic E-state index is 13.7. The van der Waals surface area contributed by atoms with Crippen molar-refractivity contribution in [1.82, 2.24) is 10.2 Å². The number of hydrogen-bond donors (Lipinski definition) is 2. The van der Waals surface area contributed by atoms with Gasteiger partial charge in [0.25, 0.3) is 5.91 Å². The number of carbonyl (C=O) groups excluding carboxylic acids is 2. The maximum absolute atomic E-state index is 13.7. The van der Waals surface area contributed by atoms with E-state index in [9.17, 15) is 18.4 Å². The van der Waals surface area contributed by atoms with Crippen LogP contribution in [0.15, 0.2) is 35.7 Å². The van der Waals surface area contributed by atoms with E-state index >= 15 is 0 Å². The highest BCUT2D eigenvalue weighted by atomic mass is 32.1. The number of hydrogen-bond acceptors (Lipinski definition) is 4. The summed E-state index contributed by atoms with van der Waals surface area (Å²) in [7, 11) is 0. The number of anilines is 1. The molecule has 5 nitrogen and oxygen atoms in total. The Labute approximate surface area is 160 Å². The van der Waals surface area contributed by atoms with Crippen molar-refractivity contribution in [1.29, 1.82) is 0 Å². The number of thiophene rings is 1. The van der Waals surface area contributed by atoms with Gasteiger partial charge in [0.15, 0.2) is 0 Å². The van der Waals surface area contributed by atoms with E-state index in [0.29, 0.717) is 30.8 Å². The van der Waals surface area contributed by atoms with Crippen molar-refractivity contribution < 1.29 is 18.4 Å². The maximum Gasteiger partial charge on any atom is 0.261 e. The van der Waals surface area contributed by atoms with Gasteiger partial charge in [-0.2, -0.15) is 0 Å². The molecule has 0 radical (unpaired) electrons. The molecule has 2 heterocycles. The Morgan fingerprint density at radius 1 is 1.15 bits per heavy atom. The number of halogens is 2. The van der Waals surface area contributed by atoms with Crippen molar-refractivity contribution in [3.05, 3.63) is 52.2 Å². The number of amides is 2. The molecule has 1 saturated heterocycles. The molecule has 1 aliphatic rings. The van der Waals surface area contributed by atoms with Gasteiger partial charge in [-0.25, -0.2) is 8.78 Å². The molecule has 0 aliphatic carbocycles. The number of rotatable bonds is 5. The molecule has 144 valence electrons. The number of para-hydroxylation sites is 1. The van der Waals surface area contributed by atoms with Gasteiger partial charge in [-0.1, -0.05) is 12.1 Å². The third-order valence-corrected chi connectivity index (χ3v) is 5.62. The van der Waals surface area contributed by atoms with E-state index in [2.05, 4.69) is 10.6 Å². The number of nitrogens with zero attached hydrogens (tertiary/aromatic N) is 1. The monoisotopic (exact) mass is 393 g/mol. The number of likely N-dealkylation sites (tertiary alicyclic amines) is 1. The van der Waals surface area contributed by atoms with Crippen LogP contribution in [0.3, 0.4) is 0 Å². The lowest BCUT2D eigenvalue weighted by atomic mass is 10.0. The zero-order chi connectivity index (χ0) is 19.4. The molecule has 27 heavy (non-hydrogen) atoms. The molecule has 1 unspecified atom stereocenters. The Bertz CT molecular complexity index is 785. The summed E-state index contributed by atoms with van der Waals surface area (Å²) in [6.45, 7) is 2.94. The van der Waals surface area contributed by atoms with Crippen molar-refractivity contribution in [2.45, 2.75) is 31.8 Å². The summed E-state index contributed by atoms with van der Waals surface area (Å²) in [6, 6.07) is 6.59. The summed E-state index contributed by atoms with van der Waals surface area (Å²) in [4.78, 5) is 27.1. The fraction of sp³-hybridized carbons (Fsp3) is 0.368. The lowest BCUT2D eigenvalue weighted by Crippen LogP contribution is -2.50. The zero-order valence-corrected chi connectivity index (χ0v) is 15.7. The van der Waals surface area contributed by atoms with Crippen LogP contribution in [0, 0.1) is 11.6 Å². The van der Waals surface area contributed by atoms with Gasteiger partial charge >= 0.3 is 0 Å². The Balaban J connectivity index is 1.51. The van der Waals surface area contributed by atoms with Crippen LogP contribution in [0.4, 0.5) is 14.5 Å². The second-order valence-electron chi connectivity index (χ2n) is 6.52. The zero-order valence-electron chi connectivity index (χ0n) is 14.9. The van der Waals surface area contributed by atoms with Gasteiger partial charge in [-0.15, -0.1) is 11.3 Å². The van der Waals surface area contributed by atoms with Gasteiger partial charge in [0.05, 0.1) is 10.9 Å². The van der Waals surface area contributed by atoms with E-state index in [1.807, 2.05) is 16.3 Å². The minimum Gasteiger partial charge on any atom is -0.349 e. The number of carbonyl (C=O) groups is 2. The molecule has 2 aromatic rings. The molecule has 0 saturated carbocycles. The van der Waals surface area contributed by atoms with Crippen LogP contribution >= 0.6 is 11.3 Å².